The molecule has 128 valence electrons. The van der Waals surface area contributed by atoms with E-state index in [4.69, 9.17) is 4.74 Å². The van der Waals surface area contributed by atoms with Gasteiger partial charge in [0.25, 0.3) is 0 Å². The van der Waals surface area contributed by atoms with Crippen LogP contribution in [-0.4, -0.2) is 23.0 Å². The molecule has 1 N–H and O–H groups in total. The summed E-state index contributed by atoms with van der Waals surface area (Å²) in [6, 6.07) is 13.4. The average molecular weight is 349 g/mol. The molecular formula is C18H20FNO3S. The highest BCUT2D eigenvalue weighted by atomic mass is 32.2. The zero-order valence-corrected chi connectivity index (χ0v) is 14.4. The Morgan fingerprint density at radius 2 is 1.96 bits per heavy atom. The van der Waals surface area contributed by atoms with Crippen LogP contribution in [0.15, 0.2) is 48.5 Å². The van der Waals surface area contributed by atoms with Gasteiger partial charge in [0.1, 0.15) is 17.3 Å². The average Bonchev–Trinajstić information content (AvgIpc) is 2.55. The van der Waals surface area contributed by atoms with Crippen LogP contribution >= 0.6 is 0 Å². The van der Waals surface area contributed by atoms with Crippen LogP contribution in [0.5, 0.6) is 5.75 Å². The Hall–Kier alpha value is -2.21. The predicted octanol–water partition coefficient (Wildman–Crippen LogP) is 2.96. The molecule has 0 spiro atoms. The molecule has 0 bridgehead atoms. The summed E-state index contributed by atoms with van der Waals surface area (Å²) in [6.07, 6.45) is 0. The molecule has 2 aromatic rings. The first-order valence-corrected chi connectivity index (χ1v) is 9.00. The van der Waals surface area contributed by atoms with Gasteiger partial charge in [0, 0.05) is 16.4 Å². The topological polar surface area (TPSA) is 55.4 Å². The molecule has 0 radical (unpaired) electrons. The first-order valence-electron chi connectivity index (χ1n) is 7.51. The van der Waals surface area contributed by atoms with E-state index in [1.165, 1.54) is 25.3 Å². The van der Waals surface area contributed by atoms with Gasteiger partial charge in [0.15, 0.2) is 0 Å². The molecule has 0 aliphatic heterocycles. The lowest BCUT2D eigenvalue weighted by atomic mass is 10.1. The molecule has 0 unspecified atom stereocenters. The van der Waals surface area contributed by atoms with Crippen LogP contribution in [0.4, 0.5) is 4.39 Å². The maximum Gasteiger partial charge on any atom is 0.233 e. The van der Waals surface area contributed by atoms with Gasteiger partial charge in [-0.25, -0.2) is 4.39 Å². The van der Waals surface area contributed by atoms with E-state index in [-0.39, 0.29) is 23.5 Å². The largest absolute Gasteiger partial charge is 0.496 e. The fraction of sp³-hybridized carbons (Fsp3) is 0.278. The minimum absolute atomic E-state index is 0.0636. The Morgan fingerprint density at radius 3 is 2.62 bits per heavy atom. The SMILES string of the molecule is COc1ccc(F)cc1C[S@@](=O)CC(=O)N[C@H](C)c1ccccc1. The van der Waals surface area contributed by atoms with Gasteiger partial charge >= 0.3 is 0 Å². The number of hydrogen-bond donors (Lipinski definition) is 1. The molecule has 0 fully saturated rings. The lowest BCUT2D eigenvalue weighted by molar-refractivity contribution is -0.119. The van der Waals surface area contributed by atoms with Crippen molar-refractivity contribution in [3.63, 3.8) is 0 Å². The number of hydrogen-bond acceptors (Lipinski definition) is 3. The number of methoxy groups -OCH3 is 1. The highest BCUT2D eigenvalue weighted by molar-refractivity contribution is 7.84. The fourth-order valence-electron chi connectivity index (χ4n) is 2.34. The summed E-state index contributed by atoms with van der Waals surface area (Å²) < 4.78 is 30.6. The van der Waals surface area contributed by atoms with Crippen molar-refractivity contribution >= 4 is 16.7 Å². The number of carbonyl (C=O) groups is 1. The highest BCUT2D eigenvalue weighted by Gasteiger charge is 2.15. The molecule has 0 saturated heterocycles. The summed E-state index contributed by atoms with van der Waals surface area (Å²) >= 11 is 0. The van der Waals surface area contributed by atoms with Gasteiger partial charge in [0.2, 0.25) is 5.91 Å². The molecule has 0 aliphatic carbocycles. The van der Waals surface area contributed by atoms with Crippen LogP contribution in [0.3, 0.4) is 0 Å². The number of amides is 1. The molecule has 24 heavy (non-hydrogen) atoms. The van der Waals surface area contributed by atoms with Crippen molar-refractivity contribution in [2.75, 3.05) is 12.9 Å². The number of nitrogens with one attached hydrogen (secondary N) is 1. The van der Waals surface area contributed by atoms with Crippen LogP contribution in [-0.2, 0) is 21.3 Å². The predicted molar refractivity (Wildman–Crippen MR) is 92.7 cm³/mol. The second-order valence-electron chi connectivity index (χ2n) is 5.38. The van der Waals surface area contributed by atoms with E-state index in [0.29, 0.717) is 11.3 Å². The van der Waals surface area contributed by atoms with Gasteiger partial charge in [0.05, 0.1) is 18.9 Å². The number of benzene rings is 2. The van der Waals surface area contributed by atoms with Crippen molar-refractivity contribution in [3.8, 4) is 5.75 Å². The van der Waals surface area contributed by atoms with Gasteiger partial charge in [-0.15, -0.1) is 0 Å². The molecule has 1 amide bonds. The van der Waals surface area contributed by atoms with Gasteiger partial charge in [-0.05, 0) is 30.7 Å². The van der Waals surface area contributed by atoms with E-state index in [2.05, 4.69) is 5.32 Å². The van der Waals surface area contributed by atoms with E-state index in [1.807, 2.05) is 37.3 Å². The van der Waals surface area contributed by atoms with Crippen LogP contribution in [0.1, 0.15) is 24.1 Å². The van der Waals surface area contributed by atoms with Gasteiger partial charge in [-0.2, -0.15) is 0 Å². The number of ether oxygens (including phenoxy) is 1. The Morgan fingerprint density at radius 1 is 1.25 bits per heavy atom. The molecule has 0 aliphatic rings. The van der Waals surface area contributed by atoms with Crippen LogP contribution in [0.25, 0.3) is 0 Å². The summed E-state index contributed by atoms with van der Waals surface area (Å²) in [7, 11) is 0.0134. The van der Waals surface area contributed by atoms with Crippen molar-refractivity contribution in [1.82, 2.24) is 5.32 Å². The number of carbonyl (C=O) groups excluding carboxylic acids is 1. The third-order valence-corrected chi connectivity index (χ3v) is 4.75. The zero-order valence-electron chi connectivity index (χ0n) is 13.6. The Balaban J connectivity index is 1.92. The maximum absolute atomic E-state index is 13.3. The van der Waals surface area contributed by atoms with Crippen molar-refractivity contribution < 1.29 is 18.1 Å². The molecule has 6 heteroatoms. The van der Waals surface area contributed by atoms with E-state index in [0.717, 1.165) is 5.56 Å². The van der Waals surface area contributed by atoms with Gasteiger partial charge in [-0.1, -0.05) is 30.3 Å². The van der Waals surface area contributed by atoms with Crippen molar-refractivity contribution in [2.45, 2.75) is 18.7 Å². The molecule has 0 saturated carbocycles. The lowest BCUT2D eigenvalue weighted by Crippen LogP contribution is -2.31. The first kappa shape index (κ1) is 18.1. The van der Waals surface area contributed by atoms with Crippen LogP contribution in [0.2, 0.25) is 0 Å². The van der Waals surface area contributed by atoms with E-state index < -0.39 is 16.6 Å². The molecule has 2 rings (SSSR count). The number of halogens is 1. The molecular weight excluding hydrogens is 329 g/mol. The van der Waals surface area contributed by atoms with Gasteiger partial charge in [-0.3, -0.25) is 9.00 Å². The maximum atomic E-state index is 13.3. The zero-order chi connectivity index (χ0) is 17.5. The van der Waals surface area contributed by atoms with E-state index >= 15 is 0 Å². The first-order chi connectivity index (χ1) is 11.5. The second-order valence-corrected chi connectivity index (χ2v) is 6.84. The third kappa shape index (κ3) is 5.16. The molecule has 4 nitrogen and oxygen atoms in total. The summed E-state index contributed by atoms with van der Waals surface area (Å²) in [5.74, 6) is -0.349. The summed E-state index contributed by atoms with van der Waals surface area (Å²) in [6.45, 7) is 1.87. The Kier molecular flexibility index (Phi) is 6.49. The Labute approximate surface area is 143 Å². The minimum Gasteiger partial charge on any atom is -0.496 e. The van der Waals surface area contributed by atoms with Crippen LogP contribution < -0.4 is 10.1 Å². The fourth-order valence-corrected chi connectivity index (χ4v) is 3.39. The monoisotopic (exact) mass is 349 g/mol. The molecule has 2 aromatic carbocycles. The van der Waals surface area contributed by atoms with E-state index in [9.17, 15) is 13.4 Å². The van der Waals surface area contributed by atoms with Crippen LogP contribution in [0, 0.1) is 5.82 Å². The van der Waals surface area contributed by atoms with Crippen molar-refractivity contribution in [3.05, 3.63) is 65.5 Å². The minimum atomic E-state index is -1.45. The Bertz CT molecular complexity index is 721. The summed E-state index contributed by atoms with van der Waals surface area (Å²) in [5.41, 5.74) is 1.46. The van der Waals surface area contributed by atoms with E-state index in [1.54, 1.807) is 0 Å². The highest BCUT2D eigenvalue weighted by Crippen LogP contribution is 2.21. The smallest absolute Gasteiger partial charge is 0.233 e. The van der Waals surface area contributed by atoms with Crippen molar-refractivity contribution in [1.29, 1.82) is 0 Å². The normalized spacial score (nSPS) is 13.1. The molecule has 2 atom stereocenters. The standard InChI is InChI=1S/C18H20FNO3S/c1-13(14-6-4-3-5-7-14)20-18(21)12-24(22)11-15-10-16(19)8-9-17(15)23-2/h3-10,13H,11-12H2,1-2H3,(H,20,21)/t13-,24-/m1/s1. The quantitative estimate of drug-likeness (QED) is 0.836. The van der Waals surface area contributed by atoms with Gasteiger partial charge < -0.3 is 10.1 Å². The third-order valence-electron chi connectivity index (χ3n) is 3.53. The number of rotatable bonds is 7. The second kappa shape index (κ2) is 8.59. The summed E-state index contributed by atoms with van der Waals surface area (Å²) in [4.78, 5) is 12.0. The molecule has 0 heterocycles. The summed E-state index contributed by atoms with van der Waals surface area (Å²) in [5, 5.41) is 2.82. The molecule has 0 aromatic heterocycles. The van der Waals surface area contributed by atoms with Crippen molar-refractivity contribution in [2.24, 2.45) is 0 Å². The lowest BCUT2D eigenvalue weighted by Gasteiger charge is -2.14.